The van der Waals surface area contributed by atoms with Gasteiger partial charge in [0.1, 0.15) is 6.04 Å². The van der Waals surface area contributed by atoms with Gasteiger partial charge in [-0.2, -0.15) is 0 Å². The molecule has 0 bridgehead atoms. The van der Waals surface area contributed by atoms with Crippen LogP contribution in [0.15, 0.2) is 42.5 Å². The number of ether oxygens (including phenoxy) is 1. The molecular weight excluding hydrogens is 358 g/mol. The Bertz CT molecular complexity index is 872. The predicted molar refractivity (Wildman–Crippen MR) is 107 cm³/mol. The van der Waals surface area contributed by atoms with Gasteiger partial charge in [-0.1, -0.05) is 24.3 Å². The van der Waals surface area contributed by atoms with Crippen LogP contribution >= 0.6 is 0 Å². The van der Waals surface area contributed by atoms with Crippen LogP contribution in [-0.2, 0) is 22.7 Å². The highest BCUT2D eigenvalue weighted by Crippen LogP contribution is 2.30. The number of aliphatic hydroxyl groups is 1. The Morgan fingerprint density at radius 3 is 2.46 bits per heavy atom. The van der Waals surface area contributed by atoms with Crippen molar-refractivity contribution < 1.29 is 19.4 Å². The molecule has 0 saturated carbocycles. The van der Waals surface area contributed by atoms with E-state index in [2.05, 4.69) is 16.0 Å². The van der Waals surface area contributed by atoms with Crippen LogP contribution in [0.3, 0.4) is 0 Å². The van der Waals surface area contributed by atoms with Crippen LogP contribution in [-0.4, -0.2) is 35.7 Å². The molecule has 3 rings (SSSR count). The molecule has 0 unspecified atom stereocenters. The van der Waals surface area contributed by atoms with Gasteiger partial charge in [-0.25, -0.2) is 0 Å². The molecule has 0 aliphatic carbocycles. The number of benzene rings is 2. The Labute approximate surface area is 164 Å². The van der Waals surface area contributed by atoms with Gasteiger partial charge >= 0.3 is 0 Å². The van der Waals surface area contributed by atoms with Gasteiger partial charge in [0.05, 0.1) is 23.6 Å². The normalized spacial score (nSPS) is 16.0. The van der Waals surface area contributed by atoms with Crippen molar-refractivity contribution in [2.24, 2.45) is 0 Å². The minimum absolute atomic E-state index is 0.220. The van der Waals surface area contributed by atoms with E-state index in [1.54, 1.807) is 39.2 Å². The van der Waals surface area contributed by atoms with Crippen molar-refractivity contribution in [2.45, 2.75) is 38.6 Å². The first-order chi connectivity index (χ1) is 13.3. The van der Waals surface area contributed by atoms with Gasteiger partial charge in [0.2, 0.25) is 5.91 Å². The number of hydrogen-bond donors (Lipinski definition) is 4. The topological polar surface area (TPSA) is 99.7 Å². The van der Waals surface area contributed by atoms with Gasteiger partial charge in [0, 0.05) is 19.2 Å². The maximum Gasteiger partial charge on any atom is 0.251 e. The monoisotopic (exact) mass is 383 g/mol. The van der Waals surface area contributed by atoms with Crippen molar-refractivity contribution in [3.8, 4) is 0 Å². The second-order valence-corrected chi connectivity index (χ2v) is 7.41. The summed E-state index contributed by atoms with van der Waals surface area (Å²) in [5.41, 5.74) is 2.46. The van der Waals surface area contributed by atoms with Crippen LogP contribution in [0.2, 0.25) is 0 Å². The van der Waals surface area contributed by atoms with Crippen molar-refractivity contribution in [2.75, 3.05) is 17.7 Å². The van der Waals surface area contributed by atoms with E-state index < -0.39 is 11.6 Å². The lowest BCUT2D eigenvalue weighted by Gasteiger charge is -2.34. The van der Waals surface area contributed by atoms with Crippen LogP contribution in [0.25, 0.3) is 0 Å². The van der Waals surface area contributed by atoms with E-state index in [-0.39, 0.29) is 11.8 Å². The summed E-state index contributed by atoms with van der Waals surface area (Å²) in [7, 11) is 1.65. The van der Waals surface area contributed by atoms with E-state index in [0.717, 1.165) is 11.1 Å². The molecule has 2 amide bonds. The number of rotatable bonds is 6. The zero-order chi connectivity index (χ0) is 20.3. The molecule has 1 atom stereocenters. The third kappa shape index (κ3) is 4.49. The smallest absolute Gasteiger partial charge is 0.251 e. The number of hydrogen-bond acceptors (Lipinski definition) is 5. The molecule has 0 radical (unpaired) electrons. The average molecular weight is 383 g/mol. The summed E-state index contributed by atoms with van der Waals surface area (Å²) in [5, 5.41) is 18.8. The van der Waals surface area contributed by atoms with Crippen molar-refractivity contribution >= 4 is 23.2 Å². The summed E-state index contributed by atoms with van der Waals surface area (Å²) < 4.78 is 5.09. The summed E-state index contributed by atoms with van der Waals surface area (Å²) in [6.07, 6.45) is 0. The Kier molecular flexibility index (Phi) is 5.67. The highest BCUT2D eigenvalue weighted by atomic mass is 16.5. The number of methoxy groups -OCH3 is 1. The van der Waals surface area contributed by atoms with Crippen molar-refractivity contribution in [3.05, 3.63) is 59.2 Å². The largest absolute Gasteiger partial charge is 0.388 e. The van der Waals surface area contributed by atoms with E-state index in [9.17, 15) is 14.7 Å². The predicted octanol–water partition coefficient (Wildman–Crippen LogP) is 2.27. The molecule has 28 heavy (non-hydrogen) atoms. The first-order valence-corrected chi connectivity index (χ1v) is 9.06. The van der Waals surface area contributed by atoms with Crippen molar-refractivity contribution in [1.82, 2.24) is 5.32 Å². The molecule has 1 aliphatic rings. The van der Waals surface area contributed by atoms with Gasteiger partial charge in [0.15, 0.2) is 0 Å². The molecule has 0 saturated heterocycles. The molecule has 7 nitrogen and oxygen atoms in total. The SMILES string of the molecule is COCc1ccc(CNC(=O)c2ccc3c(c2)N[C@@H](C(C)(C)O)C(=O)N3)cc1. The average Bonchev–Trinajstić information content (AvgIpc) is 2.65. The highest BCUT2D eigenvalue weighted by Gasteiger charge is 2.37. The summed E-state index contributed by atoms with van der Waals surface area (Å²) in [6, 6.07) is 12.0. The van der Waals surface area contributed by atoms with E-state index in [1.165, 1.54) is 0 Å². The first kappa shape index (κ1) is 19.9. The van der Waals surface area contributed by atoms with Crippen molar-refractivity contribution in [1.29, 1.82) is 0 Å². The van der Waals surface area contributed by atoms with Crippen LogP contribution < -0.4 is 16.0 Å². The number of anilines is 2. The van der Waals surface area contributed by atoms with Crippen LogP contribution in [0.5, 0.6) is 0 Å². The van der Waals surface area contributed by atoms with Crippen LogP contribution in [0.1, 0.15) is 35.3 Å². The maximum absolute atomic E-state index is 12.5. The second-order valence-electron chi connectivity index (χ2n) is 7.41. The fourth-order valence-electron chi connectivity index (χ4n) is 3.04. The zero-order valence-corrected chi connectivity index (χ0v) is 16.2. The molecule has 2 aromatic rings. The van der Waals surface area contributed by atoms with Crippen LogP contribution in [0, 0.1) is 0 Å². The number of fused-ring (bicyclic) bond motifs is 1. The molecule has 148 valence electrons. The standard InChI is InChI=1S/C21H25N3O4/c1-21(2,27)18-20(26)24-16-9-8-15(10-17(16)23-18)19(25)22-11-13-4-6-14(7-5-13)12-28-3/h4-10,18,23,27H,11-12H2,1-3H3,(H,22,25)(H,24,26)/t18-/m1/s1. The maximum atomic E-state index is 12.5. The third-order valence-corrected chi connectivity index (χ3v) is 4.60. The van der Waals surface area contributed by atoms with Crippen molar-refractivity contribution in [3.63, 3.8) is 0 Å². The van der Waals surface area contributed by atoms with Gasteiger partial charge in [0.25, 0.3) is 5.91 Å². The van der Waals surface area contributed by atoms with Crippen LogP contribution in [0.4, 0.5) is 11.4 Å². The molecule has 1 aliphatic heterocycles. The minimum Gasteiger partial charge on any atom is -0.388 e. The summed E-state index contributed by atoms with van der Waals surface area (Å²) in [5.74, 6) is -0.531. The Hall–Kier alpha value is -2.90. The fourth-order valence-corrected chi connectivity index (χ4v) is 3.04. The molecule has 0 aromatic heterocycles. The fraction of sp³-hybridized carbons (Fsp3) is 0.333. The minimum atomic E-state index is -1.24. The van der Waals surface area contributed by atoms with Gasteiger partial charge in [-0.3, -0.25) is 9.59 Å². The molecule has 1 heterocycles. The summed E-state index contributed by atoms with van der Waals surface area (Å²) in [4.78, 5) is 24.6. The van der Waals surface area contributed by atoms with Gasteiger partial charge in [-0.05, 0) is 43.2 Å². The lowest BCUT2D eigenvalue weighted by Crippen LogP contribution is -2.52. The molecule has 4 N–H and O–H groups in total. The number of amides is 2. The second kappa shape index (κ2) is 8.00. The lowest BCUT2D eigenvalue weighted by molar-refractivity contribution is -0.121. The number of carbonyl (C=O) groups is 2. The molecule has 2 aromatic carbocycles. The quantitative estimate of drug-likeness (QED) is 0.613. The van der Waals surface area contributed by atoms with E-state index >= 15 is 0 Å². The Morgan fingerprint density at radius 2 is 1.82 bits per heavy atom. The van der Waals surface area contributed by atoms with Gasteiger partial charge in [-0.15, -0.1) is 0 Å². The molecule has 7 heteroatoms. The number of carbonyl (C=O) groups excluding carboxylic acids is 2. The molecule has 0 fully saturated rings. The highest BCUT2D eigenvalue weighted by molar-refractivity contribution is 6.05. The molecular formula is C21H25N3O4. The Balaban J connectivity index is 1.67. The lowest BCUT2D eigenvalue weighted by atomic mass is 9.95. The Morgan fingerprint density at radius 1 is 1.14 bits per heavy atom. The van der Waals surface area contributed by atoms with Gasteiger partial charge < -0.3 is 25.8 Å². The van der Waals surface area contributed by atoms with E-state index in [0.29, 0.717) is 30.1 Å². The zero-order valence-electron chi connectivity index (χ0n) is 16.2. The summed E-state index contributed by atoms with van der Waals surface area (Å²) >= 11 is 0. The summed E-state index contributed by atoms with van der Waals surface area (Å²) in [6.45, 7) is 4.07. The third-order valence-electron chi connectivity index (χ3n) is 4.60. The van der Waals surface area contributed by atoms with E-state index in [1.807, 2.05) is 24.3 Å². The molecule has 0 spiro atoms. The first-order valence-electron chi connectivity index (χ1n) is 9.06. The number of nitrogens with one attached hydrogen (secondary N) is 3. The van der Waals surface area contributed by atoms with E-state index in [4.69, 9.17) is 4.74 Å².